The lowest BCUT2D eigenvalue weighted by Gasteiger charge is -2.23. The molecule has 6 heteroatoms. The van der Waals surface area contributed by atoms with Gasteiger partial charge in [0.25, 0.3) is 0 Å². The van der Waals surface area contributed by atoms with E-state index in [1.54, 1.807) is 43.6 Å². The van der Waals surface area contributed by atoms with Gasteiger partial charge >= 0.3 is 5.97 Å². The zero-order valence-corrected chi connectivity index (χ0v) is 19.6. The van der Waals surface area contributed by atoms with Crippen molar-refractivity contribution in [3.8, 4) is 11.1 Å². The Labute approximate surface area is 203 Å². The van der Waals surface area contributed by atoms with E-state index in [0.29, 0.717) is 12.0 Å². The van der Waals surface area contributed by atoms with Crippen molar-refractivity contribution >= 4 is 5.97 Å². The second kappa shape index (κ2) is 10.3. The predicted molar refractivity (Wildman–Crippen MR) is 137 cm³/mol. The topological polar surface area (TPSA) is 88.7 Å². The van der Waals surface area contributed by atoms with E-state index < -0.39 is 12.0 Å². The van der Waals surface area contributed by atoms with E-state index >= 15 is 0 Å². The molecule has 0 spiro atoms. The van der Waals surface area contributed by atoms with Gasteiger partial charge in [0.15, 0.2) is 0 Å². The van der Waals surface area contributed by atoms with Gasteiger partial charge in [-0.2, -0.15) is 4.91 Å². The molecule has 0 bridgehead atoms. The Balaban J connectivity index is 1.69. The summed E-state index contributed by atoms with van der Waals surface area (Å²) in [5, 5.41) is 12.6. The van der Waals surface area contributed by atoms with E-state index in [9.17, 15) is 14.5 Å². The molecule has 6 nitrogen and oxygen atoms in total. The molecule has 2 unspecified atom stereocenters. The number of aromatic nitrogens is 1. The molecular weight excluding hydrogens is 440 g/mol. The highest BCUT2D eigenvalue weighted by molar-refractivity contribution is 5.88. The van der Waals surface area contributed by atoms with Crippen molar-refractivity contribution < 1.29 is 9.90 Å². The van der Waals surface area contributed by atoms with Crippen molar-refractivity contribution in [3.05, 3.63) is 134 Å². The van der Waals surface area contributed by atoms with Crippen LogP contribution in [0.5, 0.6) is 0 Å². The monoisotopic (exact) mass is 466 g/mol. The van der Waals surface area contributed by atoms with E-state index in [1.807, 2.05) is 36.4 Å². The first-order valence-electron chi connectivity index (χ1n) is 11.4. The van der Waals surface area contributed by atoms with E-state index in [2.05, 4.69) is 24.2 Å². The summed E-state index contributed by atoms with van der Waals surface area (Å²) in [6, 6.07) is 25.5. The van der Waals surface area contributed by atoms with Crippen LogP contribution in [0, 0.1) is 11.8 Å². The first-order chi connectivity index (χ1) is 16.9. The fourth-order valence-corrected chi connectivity index (χ4v) is 4.41. The van der Waals surface area contributed by atoms with Crippen LogP contribution in [0.25, 0.3) is 11.1 Å². The third kappa shape index (κ3) is 5.27. The van der Waals surface area contributed by atoms with Gasteiger partial charge in [-0.15, -0.1) is 0 Å². The molecular formula is C29H26N2O4. The number of benzene rings is 3. The van der Waals surface area contributed by atoms with Crippen molar-refractivity contribution in [2.45, 2.75) is 25.3 Å². The molecule has 4 aromatic rings. The highest BCUT2D eigenvalue weighted by atomic mass is 16.4. The zero-order chi connectivity index (χ0) is 24.9. The Morgan fingerprint density at radius 1 is 0.886 bits per heavy atom. The number of pyridine rings is 1. The van der Waals surface area contributed by atoms with Crippen LogP contribution in [-0.4, -0.2) is 15.6 Å². The second-order valence-corrected chi connectivity index (χ2v) is 8.68. The van der Waals surface area contributed by atoms with Gasteiger partial charge in [0.1, 0.15) is 6.04 Å². The number of aromatic carboxylic acids is 1. The third-order valence-corrected chi connectivity index (χ3v) is 6.42. The van der Waals surface area contributed by atoms with Crippen molar-refractivity contribution in [2.24, 2.45) is 12.2 Å². The van der Waals surface area contributed by atoms with Crippen LogP contribution in [0.1, 0.15) is 51.0 Å². The summed E-state index contributed by atoms with van der Waals surface area (Å²) >= 11 is 0. The van der Waals surface area contributed by atoms with Crippen LogP contribution >= 0.6 is 0 Å². The van der Waals surface area contributed by atoms with Gasteiger partial charge in [0, 0.05) is 25.2 Å². The molecule has 0 aliphatic carbocycles. The molecule has 0 radical (unpaired) electrons. The third-order valence-electron chi connectivity index (χ3n) is 6.42. The van der Waals surface area contributed by atoms with Gasteiger partial charge < -0.3 is 9.67 Å². The number of hydrogen-bond acceptors (Lipinski definition) is 4. The number of nitrogens with zero attached hydrogens (tertiary/aromatic N) is 2. The van der Waals surface area contributed by atoms with Crippen molar-refractivity contribution in [2.75, 3.05) is 0 Å². The number of carboxylic acids is 1. The molecule has 0 saturated heterocycles. The van der Waals surface area contributed by atoms with Gasteiger partial charge in [-0.25, -0.2) is 4.79 Å². The minimum absolute atomic E-state index is 0.0837. The van der Waals surface area contributed by atoms with Crippen LogP contribution in [0.15, 0.2) is 101 Å². The van der Waals surface area contributed by atoms with Crippen LogP contribution in [-0.2, 0) is 7.05 Å². The van der Waals surface area contributed by atoms with E-state index in [1.165, 1.54) is 10.6 Å². The van der Waals surface area contributed by atoms with Crippen LogP contribution in [0.4, 0.5) is 0 Å². The summed E-state index contributed by atoms with van der Waals surface area (Å²) in [5.41, 5.74) is 5.99. The van der Waals surface area contributed by atoms with Gasteiger partial charge in [0.05, 0.1) is 5.56 Å². The number of aryl methyl sites for hydroxylation is 2. The van der Waals surface area contributed by atoms with Gasteiger partial charge in [-0.05, 0) is 64.9 Å². The summed E-state index contributed by atoms with van der Waals surface area (Å²) in [7, 11) is 1.66. The Morgan fingerprint density at radius 3 is 2.06 bits per heavy atom. The molecule has 0 aliphatic rings. The quantitative estimate of drug-likeness (QED) is 0.318. The molecule has 0 fully saturated rings. The Bertz CT molecular complexity index is 1410. The smallest absolute Gasteiger partial charge is 0.335 e. The van der Waals surface area contributed by atoms with E-state index in [4.69, 9.17) is 5.11 Å². The molecule has 0 saturated carbocycles. The van der Waals surface area contributed by atoms with E-state index in [0.717, 1.165) is 27.8 Å². The van der Waals surface area contributed by atoms with Crippen molar-refractivity contribution in [1.82, 2.24) is 4.57 Å². The molecule has 1 aromatic heterocycles. The lowest BCUT2D eigenvalue weighted by Crippen LogP contribution is -2.16. The molecule has 176 valence electrons. The summed E-state index contributed by atoms with van der Waals surface area (Å²) in [6.45, 7) is 2.05. The second-order valence-electron chi connectivity index (χ2n) is 8.68. The SMILES string of the molecule is Cc1ccccc1C(CC(N=O)c1ccc(=O)n(C)c1)c1ccc(-c2ccc(C(=O)O)cc2)cc1. The van der Waals surface area contributed by atoms with Gasteiger partial charge in [0.2, 0.25) is 5.56 Å². The average Bonchev–Trinajstić information content (AvgIpc) is 2.87. The predicted octanol–water partition coefficient (Wildman–Crippen LogP) is 6.09. The van der Waals surface area contributed by atoms with Crippen molar-refractivity contribution in [1.29, 1.82) is 0 Å². The summed E-state index contributed by atoms with van der Waals surface area (Å²) in [4.78, 5) is 34.9. The van der Waals surface area contributed by atoms with Gasteiger partial charge in [-0.1, -0.05) is 65.8 Å². The first-order valence-corrected chi connectivity index (χ1v) is 11.4. The van der Waals surface area contributed by atoms with Gasteiger partial charge in [-0.3, -0.25) is 4.79 Å². The van der Waals surface area contributed by atoms with Crippen molar-refractivity contribution in [3.63, 3.8) is 0 Å². The minimum Gasteiger partial charge on any atom is -0.478 e. The minimum atomic E-state index is -0.954. The maximum Gasteiger partial charge on any atom is 0.335 e. The summed E-state index contributed by atoms with van der Waals surface area (Å²) < 4.78 is 1.46. The first kappa shape index (κ1) is 23.8. The number of rotatable bonds is 8. The summed E-state index contributed by atoms with van der Waals surface area (Å²) in [5.74, 6) is -1.04. The zero-order valence-electron chi connectivity index (χ0n) is 19.6. The highest BCUT2D eigenvalue weighted by Crippen LogP contribution is 2.37. The molecule has 1 N–H and O–H groups in total. The number of nitroso groups, excluding NO2 is 1. The van der Waals surface area contributed by atoms with Crippen LogP contribution in [0.3, 0.4) is 0 Å². The standard InChI is InChI=1S/C29H26N2O4/c1-19-5-3-4-6-25(19)26(17-27(30-35)24-15-16-28(32)31(2)18-24)22-11-7-20(8-12-22)21-9-13-23(14-10-21)29(33)34/h3-16,18,26-27H,17H2,1-2H3,(H,33,34). The Kier molecular flexibility index (Phi) is 7.01. The maximum absolute atomic E-state index is 11.9. The average molecular weight is 467 g/mol. The normalized spacial score (nSPS) is 12.6. The molecule has 0 amide bonds. The number of carbonyl (C=O) groups is 1. The fraction of sp³-hybridized carbons (Fsp3) is 0.172. The van der Waals surface area contributed by atoms with Crippen LogP contribution in [0.2, 0.25) is 0 Å². The lowest BCUT2D eigenvalue weighted by atomic mass is 9.82. The molecule has 2 atom stereocenters. The molecule has 3 aromatic carbocycles. The largest absolute Gasteiger partial charge is 0.478 e. The molecule has 35 heavy (non-hydrogen) atoms. The molecule has 1 heterocycles. The lowest BCUT2D eigenvalue weighted by molar-refractivity contribution is 0.0697. The number of hydrogen-bond donors (Lipinski definition) is 1. The van der Waals surface area contributed by atoms with Crippen LogP contribution < -0.4 is 5.56 Å². The fourth-order valence-electron chi connectivity index (χ4n) is 4.41. The van der Waals surface area contributed by atoms with E-state index in [-0.39, 0.29) is 17.0 Å². The Hall–Kier alpha value is -4.32. The summed E-state index contributed by atoms with van der Waals surface area (Å²) in [6.07, 6.45) is 2.13. The maximum atomic E-state index is 11.9. The molecule has 0 aliphatic heterocycles. The Morgan fingerprint density at radius 2 is 1.49 bits per heavy atom. The molecule has 4 rings (SSSR count). The number of carboxylic acid groups (broad SMARTS) is 1. The highest BCUT2D eigenvalue weighted by Gasteiger charge is 2.24.